The van der Waals surface area contributed by atoms with Gasteiger partial charge in [-0.05, 0) is 36.8 Å². The van der Waals surface area contributed by atoms with E-state index in [0.29, 0.717) is 13.0 Å². The van der Waals surface area contributed by atoms with Gasteiger partial charge in [0.25, 0.3) is 0 Å². The zero-order valence-electron chi connectivity index (χ0n) is 15.0. The van der Waals surface area contributed by atoms with Gasteiger partial charge in [0, 0.05) is 29.3 Å². The molecule has 4 nitrogen and oxygen atoms in total. The number of benzene rings is 1. The average Bonchev–Trinajstić information content (AvgIpc) is 2.99. The van der Waals surface area contributed by atoms with Gasteiger partial charge in [-0.25, -0.2) is 0 Å². The second-order valence-corrected chi connectivity index (χ2v) is 8.68. The Hall–Kier alpha value is -2.14. The summed E-state index contributed by atoms with van der Waals surface area (Å²) in [7, 11) is 0. The summed E-state index contributed by atoms with van der Waals surface area (Å²) in [5.41, 5.74) is 2.29. The normalized spacial score (nSPS) is 24.0. The third kappa shape index (κ3) is 3.54. The molecule has 2 amide bonds. The third-order valence-electron chi connectivity index (χ3n) is 5.74. The fourth-order valence-electron chi connectivity index (χ4n) is 3.98. The minimum atomic E-state index is 0.0302. The van der Waals surface area contributed by atoms with E-state index in [-0.39, 0.29) is 23.1 Å². The Kier molecular flexibility index (Phi) is 4.57. The molecule has 26 heavy (non-hydrogen) atoms. The van der Waals surface area contributed by atoms with Gasteiger partial charge in [0.2, 0.25) is 11.8 Å². The Morgan fingerprint density at radius 3 is 2.81 bits per heavy atom. The highest BCUT2D eigenvalue weighted by Gasteiger charge is 2.61. The Labute approximate surface area is 158 Å². The maximum absolute atomic E-state index is 12.6. The lowest BCUT2D eigenvalue weighted by Gasteiger charge is -2.17. The van der Waals surface area contributed by atoms with Crippen LogP contribution in [0.2, 0.25) is 0 Å². The van der Waals surface area contributed by atoms with Crippen molar-refractivity contribution in [1.29, 1.82) is 0 Å². The number of hydrogen-bond donors (Lipinski definition) is 1. The standard InChI is InChI=1S/C21H24N2O2S/c1-15-4-6-16(7-5-15)11-19(24)23-9-8-21(14-23)12-18(21)20(25)22-13-17-3-2-10-26-17/h2-7,10,18H,8-9,11-14H2,1H3,(H,22,25). The van der Waals surface area contributed by atoms with Gasteiger partial charge in [0.1, 0.15) is 0 Å². The maximum Gasteiger partial charge on any atom is 0.227 e. The van der Waals surface area contributed by atoms with E-state index in [1.54, 1.807) is 11.3 Å². The van der Waals surface area contributed by atoms with Gasteiger partial charge in [-0.2, -0.15) is 0 Å². The molecule has 1 saturated carbocycles. The number of amides is 2. The molecule has 0 bridgehead atoms. The smallest absolute Gasteiger partial charge is 0.227 e. The fourth-order valence-corrected chi connectivity index (χ4v) is 4.63. The minimum absolute atomic E-state index is 0.0302. The van der Waals surface area contributed by atoms with Crippen molar-refractivity contribution >= 4 is 23.2 Å². The fraction of sp³-hybridized carbons (Fsp3) is 0.429. The van der Waals surface area contributed by atoms with Crippen LogP contribution < -0.4 is 5.32 Å². The summed E-state index contributed by atoms with van der Waals surface area (Å²) < 4.78 is 0. The average molecular weight is 369 g/mol. The molecule has 0 radical (unpaired) electrons. The largest absolute Gasteiger partial charge is 0.351 e. The number of nitrogens with zero attached hydrogens (tertiary/aromatic N) is 1. The first-order chi connectivity index (χ1) is 12.6. The third-order valence-corrected chi connectivity index (χ3v) is 6.61. The van der Waals surface area contributed by atoms with Gasteiger partial charge in [0.15, 0.2) is 0 Å². The molecule has 1 aliphatic carbocycles. The van der Waals surface area contributed by atoms with Gasteiger partial charge in [0.05, 0.1) is 13.0 Å². The number of rotatable bonds is 5. The number of nitrogens with one attached hydrogen (secondary N) is 1. The summed E-state index contributed by atoms with van der Waals surface area (Å²) in [5, 5.41) is 5.08. The molecule has 2 heterocycles. The van der Waals surface area contributed by atoms with Gasteiger partial charge in [-0.3, -0.25) is 9.59 Å². The minimum Gasteiger partial charge on any atom is -0.351 e. The molecule has 5 heteroatoms. The van der Waals surface area contributed by atoms with Crippen molar-refractivity contribution in [2.24, 2.45) is 11.3 Å². The van der Waals surface area contributed by atoms with Gasteiger partial charge in [-0.15, -0.1) is 11.3 Å². The van der Waals surface area contributed by atoms with E-state index in [1.807, 2.05) is 53.6 Å². The molecule has 2 aliphatic rings. The first kappa shape index (κ1) is 17.3. The number of aryl methyl sites for hydroxylation is 1. The molecule has 1 aromatic carbocycles. The maximum atomic E-state index is 12.6. The summed E-state index contributed by atoms with van der Waals surface area (Å²) in [6, 6.07) is 12.2. The van der Waals surface area contributed by atoms with Crippen LogP contribution in [0.1, 0.15) is 28.8 Å². The van der Waals surface area contributed by atoms with Gasteiger partial charge < -0.3 is 10.2 Å². The van der Waals surface area contributed by atoms with Gasteiger partial charge in [-0.1, -0.05) is 35.9 Å². The van der Waals surface area contributed by atoms with Crippen molar-refractivity contribution in [1.82, 2.24) is 10.2 Å². The van der Waals surface area contributed by atoms with Crippen LogP contribution in [0.5, 0.6) is 0 Å². The molecule has 136 valence electrons. The first-order valence-electron chi connectivity index (χ1n) is 9.19. The second kappa shape index (κ2) is 6.88. The summed E-state index contributed by atoms with van der Waals surface area (Å²) >= 11 is 1.66. The number of carbonyl (C=O) groups excluding carboxylic acids is 2. The van der Waals surface area contributed by atoms with E-state index < -0.39 is 0 Å². The van der Waals surface area contributed by atoms with Crippen LogP contribution in [-0.2, 0) is 22.6 Å². The quantitative estimate of drug-likeness (QED) is 0.881. The zero-order chi connectivity index (χ0) is 18.1. The van der Waals surface area contributed by atoms with E-state index in [9.17, 15) is 9.59 Å². The van der Waals surface area contributed by atoms with Crippen molar-refractivity contribution < 1.29 is 9.59 Å². The lowest BCUT2D eigenvalue weighted by atomic mass is 10.0. The Bertz CT molecular complexity index is 800. The number of likely N-dealkylation sites (tertiary alicyclic amines) is 1. The van der Waals surface area contributed by atoms with Crippen LogP contribution in [0.4, 0.5) is 0 Å². The lowest BCUT2D eigenvalue weighted by molar-refractivity contribution is -0.130. The van der Waals surface area contributed by atoms with Crippen LogP contribution in [0.15, 0.2) is 41.8 Å². The summed E-state index contributed by atoms with van der Waals surface area (Å²) in [4.78, 5) is 28.2. The molecular weight excluding hydrogens is 344 g/mol. The molecule has 1 saturated heterocycles. The van der Waals surface area contributed by atoms with E-state index in [2.05, 4.69) is 5.32 Å². The molecule has 1 aromatic heterocycles. The van der Waals surface area contributed by atoms with E-state index in [1.165, 1.54) is 10.4 Å². The van der Waals surface area contributed by atoms with Crippen LogP contribution in [0.3, 0.4) is 0 Å². The number of hydrogen-bond acceptors (Lipinski definition) is 3. The SMILES string of the molecule is Cc1ccc(CC(=O)N2CCC3(CC3C(=O)NCc3cccs3)C2)cc1. The van der Waals surface area contributed by atoms with Crippen molar-refractivity contribution in [3.8, 4) is 0 Å². The van der Waals surface area contributed by atoms with E-state index in [4.69, 9.17) is 0 Å². The highest BCUT2D eigenvalue weighted by Crippen LogP contribution is 2.58. The number of carbonyl (C=O) groups is 2. The number of thiophene rings is 1. The van der Waals surface area contributed by atoms with Crippen LogP contribution in [0.25, 0.3) is 0 Å². The van der Waals surface area contributed by atoms with E-state index >= 15 is 0 Å². The van der Waals surface area contributed by atoms with Crippen molar-refractivity contribution in [2.75, 3.05) is 13.1 Å². The lowest BCUT2D eigenvalue weighted by Crippen LogP contribution is -2.32. The Morgan fingerprint density at radius 2 is 2.08 bits per heavy atom. The predicted octanol–water partition coefficient (Wildman–Crippen LogP) is 3.15. The molecule has 2 fully saturated rings. The van der Waals surface area contributed by atoms with Crippen molar-refractivity contribution in [3.63, 3.8) is 0 Å². The molecule has 2 atom stereocenters. The molecule has 1 aliphatic heterocycles. The molecule has 4 rings (SSSR count). The molecule has 2 unspecified atom stereocenters. The molecule has 1 spiro atoms. The second-order valence-electron chi connectivity index (χ2n) is 7.64. The van der Waals surface area contributed by atoms with Crippen LogP contribution in [-0.4, -0.2) is 29.8 Å². The zero-order valence-corrected chi connectivity index (χ0v) is 15.8. The molecule has 2 aromatic rings. The van der Waals surface area contributed by atoms with E-state index in [0.717, 1.165) is 31.5 Å². The van der Waals surface area contributed by atoms with Crippen LogP contribution in [0, 0.1) is 18.3 Å². The molecular formula is C21H24N2O2S. The predicted molar refractivity (Wildman–Crippen MR) is 103 cm³/mol. The summed E-state index contributed by atoms with van der Waals surface area (Å²) in [5.74, 6) is 0.390. The Balaban J connectivity index is 1.29. The summed E-state index contributed by atoms with van der Waals surface area (Å²) in [6.45, 7) is 4.17. The van der Waals surface area contributed by atoms with Crippen molar-refractivity contribution in [2.45, 2.75) is 32.7 Å². The Morgan fingerprint density at radius 1 is 1.27 bits per heavy atom. The summed E-state index contributed by atoms with van der Waals surface area (Å²) in [6.07, 6.45) is 2.31. The molecule has 1 N–H and O–H groups in total. The van der Waals surface area contributed by atoms with Crippen molar-refractivity contribution in [3.05, 3.63) is 57.8 Å². The van der Waals surface area contributed by atoms with Crippen LogP contribution >= 0.6 is 11.3 Å². The highest BCUT2D eigenvalue weighted by atomic mass is 32.1. The monoisotopic (exact) mass is 368 g/mol. The van der Waals surface area contributed by atoms with Gasteiger partial charge >= 0.3 is 0 Å². The topological polar surface area (TPSA) is 49.4 Å². The first-order valence-corrected chi connectivity index (χ1v) is 10.1. The highest BCUT2D eigenvalue weighted by molar-refractivity contribution is 7.09.